The summed E-state index contributed by atoms with van der Waals surface area (Å²) in [6.45, 7) is 5.81. The predicted octanol–water partition coefficient (Wildman–Crippen LogP) is 4.91. The maximum atomic E-state index is 11.6. The molecular weight excluding hydrogens is 258 g/mol. The number of likely N-dealkylation sites (N-methyl/N-ethyl adjacent to an activating group) is 1. The van der Waals surface area contributed by atoms with Gasteiger partial charge in [-0.15, -0.1) is 0 Å². The van der Waals surface area contributed by atoms with Crippen LogP contribution < -0.4 is 4.90 Å². The van der Waals surface area contributed by atoms with E-state index in [9.17, 15) is 4.79 Å². The molecule has 0 unspecified atom stereocenters. The Balaban J connectivity index is 1.97. The first-order valence-corrected chi connectivity index (χ1v) is 8.15. The van der Waals surface area contributed by atoms with Crippen molar-refractivity contribution in [1.29, 1.82) is 0 Å². The third-order valence-corrected chi connectivity index (χ3v) is 4.80. The Morgan fingerprint density at radius 1 is 1.24 bits per heavy atom. The fraction of sp³-hybridized carbons (Fsp3) is 0.526. The molecular formula is C19H27NO. The number of rotatable bonds is 5. The molecule has 0 heterocycles. The van der Waals surface area contributed by atoms with E-state index in [0.717, 1.165) is 11.6 Å². The molecule has 2 nitrogen and oxygen atoms in total. The molecule has 1 fully saturated rings. The molecule has 1 aliphatic carbocycles. The first-order chi connectivity index (χ1) is 10.2. The van der Waals surface area contributed by atoms with Crippen LogP contribution in [0.5, 0.6) is 0 Å². The van der Waals surface area contributed by atoms with Gasteiger partial charge in [0.15, 0.2) is 0 Å². The highest BCUT2D eigenvalue weighted by molar-refractivity contribution is 6.00. The minimum atomic E-state index is -0.0668. The molecule has 21 heavy (non-hydrogen) atoms. The van der Waals surface area contributed by atoms with Gasteiger partial charge in [0, 0.05) is 12.7 Å². The Morgan fingerprint density at radius 3 is 2.38 bits per heavy atom. The molecule has 0 spiro atoms. The number of anilines is 1. The van der Waals surface area contributed by atoms with Crippen LogP contribution in [0.3, 0.4) is 0 Å². The maximum absolute atomic E-state index is 11.6. The lowest BCUT2D eigenvalue weighted by Gasteiger charge is -2.29. The van der Waals surface area contributed by atoms with Crippen LogP contribution in [-0.4, -0.2) is 13.0 Å². The first kappa shape index (κ1) is 15.8. The van der Waals surface area contributed by atoms with Gasteiger partial charge in [-0.3, -0.25) is 4.79 Å². The maximum Gasteiger partial charge on any atom is 0.250 e. The first-order valence-electron chi connectivity index (χ1n) is 8.15. The van der Waals surface area contributed by atoms with E-state index in [0.29, 0.717) is 5.92 Å². The molecule has 0 atom stereocenters. The van der Waals surface area contributed by atoms with E-state index >= 15 is 0 Å². The Bertz CT molecular complexity index is 469. The zero-order valence-electron chi connectivity index (χ0n) is 13.3. The van der Waals surface area contributed by atoms with Crippen LogP contribution in [0, 0.1) is 5.92 Å². The lowest BCUT2D eigenvalue weighted by Crippen LogP contribution is -2.23. The molecule has 1 aromatic carbocycles. The van der Waals surface area contributed by atoms with Crippen LogP contribution in [0.25, 0.3) is 0 Å². The van der Waals surface area contributed by atoms with Gasteiger partial charge in [-0.1, -0.05) is 38.5 Å². The molecule has 0 bridgehead atoms. The quantitative estimate of drug-likeness (QED) is 0.704. The molecule has 1 saturated carbocycles. The van der Waals surface area contributed by atoms with Crippen molar-refractivity contribution in [3.8, 4) is 0 Å². The second-order valence-corrected chi connectivity index (χ2v) is 6.20. The van der Waals surface area contributed by atoms with Crippen molar-refractivity contribution in [3.05, 3.63) is 42.5 Å². The minimum absolute atomic E-state index is 0.0668. The lowest BCUT2D eigenvalue weighted by molar-refractivity contribution is -0.113. The van der Waals surface area contributed by atoms with Crippen LogP contribution in [0.1, 0.15) is 56.9 Å². The average molecular weight is 285 g/mol. The van der Waals surface area contributed by atoms with Gasteiger partial charge >= 0.3 is 0 Å². The van der Waals surface area contributed by atoms with Crippen molar-refractivity contribution in [2.45, 2.75) is 51.4 Å². The van der Waals surface area contributed by atoms with Crippen molar-refractivity contribution < 1.29 is 4.79 Å². The highest BCUT2D eigenvalue weighted by atomic mass is 16.2. The summed E-state index contributed by atoms with van der Waals surface area (Å²) in [5.74, 6) is 1.58. The molecule has 0 N–H and O–H groups in total. The fourth-order valence-corrected chi connectivity index (χ4v) is 3.43. The number of hydrogen-bond donors (Lipinski definition) is 0. The third-order valence-electron chi connectivity index (χ3n) is 4.80. The van der Waals surface area contributed by atoms with Gasteiger partial charge in [-0.2, -0.15) is 0 Å². The summed E-state index contributed by atoms with van der Waals surface area (Å²) >= 11 is 0. The Morgan fingerprint density at radius 2 is 1.86 bits per heavy atom. The SMILES string of the molecule is C=CC(=O)N(C)c1ccc(C2CCC(CCC)CC2)cc1. The Hall–Kier alpha value is -1.57. The molecule has 0 aromatic heterocycles. The monoisotopic (exact) mass is 285 g/mol. The van der Waals surface area contributed by atoms with E-state index < -0.39 is 0 Å². The Labute approximate surface area is 128 Å². The van der Waals surface area contributed by atoms with Gasteiger partial charge in [0.2, 0.25) is 5.91 Å². The van der Waals surface area contributed by atoms with Crippen LogP contribution in [0.15, 0.2) is 36.9 Å². The highest BCUT2D eigenvalue weighted by Gasteiger charge is 2.21. The van der Waals surface area contributed by atoms with Crippen LogP contribution in [-0.2, 0) is 4.79 Å². The average Bonchev–Trinajstić information content (AvgIpc) is 2.54. The van der Waals surface area contributed by atoms with E-state index in [1.54, 1.807) is 11.9 Å². The summed E-state index contributed by atoms with van der Waals surface area (Å²) in [5, 5.41) is 0. The summed E-state index contributed by atoms with van der Waals surface area (Å²) < 4.78 is 0. The van der Waals surface area contributed by atoms with Crippen LogP contribution >= 0.6 is 0 Å². The van der Waals surface area contributed by atoms with Gasteiger partial charge in [-0.25, -0.2) is 0 Å². The Kier molecular flexibility index (Phi) is 5.60. The molecule has 0 radical (unpaired) electrons. The van der Waals surface area contributed by atoms with E-state index in [4.69, 9.17) is 0 Å². The number of benzene rings is 1. The number of carbonyl (C=O) groups is 1. The van der Waals surface area contributed by atoms with Crippen molar-refractivity contribution >= 4 is 11.6 Å². The lowest BCUT2D eigenvalue weighted by atomic mass is 9.77. The largest absolute Gasteiger partial charge is 0.312 e. The number of amides is 1. The second-order valence-electron chi connectivity index (χ2n) is 6.20. The molecule has 114 valence electrons. The molecule has 0 aliphatic heterocycles. The zero-order chi connectivity index (χ0) is 15.2. The smallest absolute Gasteiger partial charge is 0.250 e. The van der Waals surface area contributed by atoms with Crippen molar-refractivity contribution in [2.24, 2.45) is 5.92 Å². The summed E-state index contributed by atoms with van der Waals surface area (Å²) in [7, 11) is 1.79. The second kappa shape index (κ2) is 7.44. The standard InChI is InChI=1S/C19H27NO/c1-4-6-15-7-9-16(10-8-15)17-11-13-18(14-12-17)20(3)19(21)5-2/h5,11-16H,2,4,6-10H2,1,3H3. The van der Waals surface area contributed by atoms with Crippen LogP contribution in [0.2, 0.25) is 0 Å². The predicted molar refractivity (Wildman–Crippen MR) is 89.7 cm³/mol. The number of hydrogen-bond acceptors (Lipinski definition) is 1. The van der Waals surface area contributed by atoms with Crippen molar-refractivity contribution in [2.75, 3.05) is 11.9 Å². The van der Waals surface area contributed by atoms with Crippen LogP contribution in [0.4, 0.5) is 5.69 Å². The molecule has 2 heteroatoms. The summed E-state index contributed by atoms with van der Waals surface area (Å²) in [5.41, 5.74) is 2.36. The van der Waals surface area contributed by atoms with Gasteiger partial charge in [-0.05, 0) is 61.3 Å². The topological polar surface area (TPSA) is 20.3 Å². The van der Waals surface area contributed by atoms with Crippen molar-refractivity contribution in [1.82, 2.24) is 0 Å². The minimum Gasteiger partial charge on any atom is -0.312 e. The van der Waals surface area contributed by atoms with E-state index in [2.05, 4.69) is 37.8 Å². The van der Waals surface area contributed by atoms with E-state index in [-0.39, 0.29) is 5.91 Å². The zero-order valence-corrected chi connectivity index (χ0v) is 13.3. The fourth-order valence-electron chi connectivity index (χ4n) is 3.43. The van der Waals surface area contributed by atoms with E-state index in [1.165, 1.54) is 50.2 Å². The third kappa shape index (κ3) is 3.96. The normalized spacial score (nSPS) is 21.8. The van der Waals surface area contributed by atoms with Crippen molar-refractivity contribution in [3.63, 3.8) is 0 Å². The number of carbonyl (C=O) groups excluding carboxylic acids is 1. The summed E-state index contributed by atoms with van der Waals surface area (Å²) in [6.07, 6.45) is 9.41. The molecule has 1 amide bonds. The van der Waals surface area contributed by atoms with Gasteiger partial charge in [0.25, 0.3) is 0 Å². The summed E-state index contributed by atoms with van der Waals surface area (Å²) in [6, 6.07) is 8.48. The molecule has 0 saturated heterocycles. The van der Waals surface area contributed by atoms with Gasteiger partial charge < -0.3 is 4.90 Å². The van der Waals surface area contributed by atoms with Gasteiger partial charge in [0.1, 0.15) is 0 Å². The summed E-state index contributed by atoms with van der Waals surface area (Å²) in [4.78, 5) is 13.2. The molecule has 2 rings (SSSR count). The number of nitrogens with zero attached hydrogens (tertiary/aromatic N) is 1. The van der Waals surface area contributed by atoms with E-state index in [1.807, 2.05) is 0 Å². The highest BCUT2D eigenvalue weighted by Crippen LogP contribution is 2.37. The molecule has 1 aliphatic rings. The molecule has 1 aromatic rings. The van der Waals surface area contributed by atoms with Gasteiger partial charge in [0.05, 0.1) is 0 Å².